The van der Waals surface area contributed by atoms with E-state index in [0.717, 1.165) is 12.3 Å². The Hall–Kier alpha value is -1.89. The fourth-order valence-corrected chi connectivity index (χ4v) is 2.23. The summed E-state index contributed by atoms with van der Waals surface area (Å²) in [5.74, 6) is 0. The van der Waals surface area contributed by atoms with Gasteiger partial charge in [0.1, 0.15) is 5.69 Å². The molecule has 0 heterocycles. The monoisotopic (exact) mass is 284 g/mol. The van der Waals surface area contributed by atoms with Crippen LogP contribution >= 0.6 is 0 Å². The van der Waals surface area contributed by atoms with E-state index in [1.807, 2.05) is 6.92 Å². The molecule has 0 amide bonds. The molecule has 1 aromatic rings. The van der Waals surface area contributed by atoms with Crippen LogP contribution in [0.5, 0.6) is 0 Å². The highest BCUT2D eigenvalue weighted by Crippen LogP contribution is 2.28. The summed E-state index contributed by atoms with van der Waals surface area (Å²) in [5.41, 5.74) is 0.0468. The number of anilines is 1. The van der Waals surface area contributed by atoms with Crippen molar-refractivity contribution in [3.63, 3.8) is 0 Å². The minimum atomic E-state index is -3.46. The highest BCUT2D eigenvalue weighted by Gasteiger charge is 2.19. The number of hydrogen-bond acceptors (Lipinski definition) is 5. The van der Waals surface area contributed by atoms with Gasteiger partial charge in [0.2, 0.25) is 0 Å². The number of hydrogen-bond donors (Lipinski definition) is 1. The number of nitro groups is 1. The second-order valence-electron chi connectivity index (χ2n) is 4.28. The van der Waals surface area contributed by atoms with E-state index in [0.29, 0.717) is 12.1 Å². The van der Waals surface area contributed by atoms with E-state index in [2.05, 4.69) is 11.9 Å². The first-order valence-electron chi connectivity index (χ1n) is 5.61. The van der Waals surface area contributed by atoms with Gasteiger partial charge in [-0.15, -0.1) is 6.58 Å². The van der Waals surface area contributed by atoms with Crippen molar-refractivity contribution < 1.29 is 13.3 Å². The molecule has 0 bridgehead atoms. The molecule has 0 aliphatic carbocycles. The Morgan fingerprint density at radius 2 is 2.16 bits per heavy atom. The van der Waals surface area contributed by atoms with Gasteiger partial charge in [-0.1, -0.05) is 6.08 Å². The predicted molar refractivity (Wildman–Crippen MR) is 74.1 cm³/mol. The van der Waals surface area contributed by atoms with Crippen molar-refractivity contribution in [2.24, 2.45) is 0 Å². The average molecular weight is 284 g/mol. The molecule has 0 spiro atoms. The molecule has 0 radical (unpaired) electrons. The molecule has 0 aliphatic heterocycles. The molecule has 0 saturated carbocycles. The Morgan fingerprint density at radius 3 is 2.63 bits per heavy atom. The number of sulfone groups is 1. The molecule has 0 fully saturated rings. The molecule has 104 valence electrons. The molecule has 1 unspecified atom stereocenters. The van der Waals surface area contributed by atoms with Gasteiger partial charge in [-0.2, -0.15) is 0 Å². The van der Waals surface area contributed by atoms with Crippen LogP contribution in [-0.2, 0) is 9.84 Å². The summed E-state index contributed by atoms with van der Waals surface area (Å²) in [6, 6.07) is 3.80. The van der Waals surface area contributed by atoms with Crippen molar-refractivity contribution >= 4 is 21.2 Å². The molecular formula is C12H16N2O4S. The van der Waals surface area contributed by atoms with Gasteiger partial charge in [0.25, 0.3) is 5.69 Å². The van der Waals surface area contributed by atoms with Crippen LogP contribution in [0.1, 0.15) is 13.3 Å². The highest BCUT2D eigenvalue weighted by atomic mass is 32.2. The van der Waals surface area contributed by atoms with E-state index in [1.54, 1.807) is 6.08 Å². The maximum Gasteiger partial charge on any atom is 0.293 e. The van der Waals surface area contributed by atoms with Gasteiger partial charge in [0, 0.05) is 18.4 Å². The minimum Gasteiger partial charge on any atom is -0.377 e. The molecule has 1 N–H and O–H groups in total. The average Bonchev–Trinajstić information content (AvgIpc) is 2.27. The molecule has 19 heavy (non-hydrogen) atoms. The first-order valence-corrected chi connectivity index (χ1v) is 7.50. The van der Waals surface area contributed by atoms with E-state index in [9.17, 15) is 18.5 Å². The molecule has 0 aromatic heterocycles. The quantitative estimate of drug-likeness (QED) is 0.492. The minimum absolute atomic E-state index is 0.0275. The summed E-state index contributed by atoms with van der Waals surface area (Å²) in [7, 11) is -3.46. The molecule has 0 saturated heterocycles. The Bertz CT molecular complexity index is 596. The molecule has 1 rings (SSSR count). The SMILES string of the molecule is C=CCC(C)Nc1ccc(S(C)(=O)=O)cc1[N+](=O)[O-]. The molecule has 1 aromatic carbocycles. The third-order valence-electron chi connectivity index (χ3n) is 2.52. The lowest BCUT2D eigenvalue weighted by Crippen LogP contribution is -2.15. The summed E-state index contributed by atoms with van der Waals surface area (Å²) in [6.07, 6.45) is 3.36. The third kappa shape index (κ3) is 4.06. The topological polar surface area (TPSA) is 89.3 Å². The lowest BCUT2D eigenvalue weighted by atomic mass is 10.2. The lowest BCUT2D eigenvalue weighted by molar-refractivity contribution is -0.384. The third-order valence-corrected chi connectivity index (χ3v) is 3.63. The molecule has 7 heteroatoms. The maximum absolute atomic E-state index is 11.4. The fourth-order valence-electron chi connectivity index (χ4n) is 1.59. The zero-order chi connectivity index (χ0) is 14.6. The van der Waals surface area contributed by atoms with Crippen molar-refractivity contribution in [2.75, 3.05) is 11.6 Å². The van der Waals surface area contributed by atoms with Gasteiger partial charge in [0.05, 0.1) is 9.82 Å². The maximum atomic E-state index is 11.4. The molecule has 1 atom stereocenters. The van der Waals surface area contributed by atoms with Crippen molar-refractivity contribution in [2.45, 2.75) is 24.3 Å². The van der Waals surface area contributed by atoms with Crippen LogP contribution in [-0.4, -0.2) is 25.6 Å². The summed E-state index contributed by atoms with van der Waals surface area (Å²) in [4.78, 5) is 10.3. The number of rotatable bonds is 6. The van der Waals surface area contributed by atoms with Gasteiger partial charge in [-0.05, 0) is 25.5 Å². The Morgan fingerprint density at radius 1 is 1.53 bits per heavy atom. The van der Waals surface area contributed by atoms with E-state index >= 15 is 0 Å². The van der Waals surface area contributed by atoms with Gasteiger partial charge in [-0.3, -0.25) is 10.1 Å². The molecular weight excluding hydrogens is 268 g/mol. The van der Waals surface area contributed by atoms with Crippen LogP contribution in [0.15, 0.2) is 35.7 Å². The van der Waals surface area contributed by atoms with Crippen molar-refractivity contribution in [1.29, 1.82) is 0 Å². The summed E-state index contributed by atoms with van der Waals surface area (Å²) in [6.45, 7) is 5.45. The number of benzene rings is 1. The van der Waals surface area contributed by atoms with Crippen molar-refractivity contribution in [3.05, 3.63) is 41.0 Å². The van der Waals surface area contributed by atoms with Crippen LogP contribution in [0.25, 0.3) is 0 Å². The van der Waals surface area contributed by atoms with Gasteiger partial charge < -0.3 is 5.32 Å². The first kappa shape index (κ1) is 15.2. The number of nitrogens with zero attached hydrogens (tertiary/aromatic N) is 1. The second-order valence-corrected chi connectivity index (χ2v) is 6.29. The van der Waals surface area contributed by atoms with E-state index in [1.165, 1.54) is 12.1 Å². The normalized spacial score (nSPS) is 12.7. The molecule has 6 nitrogen and oxygen atoms in total. The van der Waals surface area contributed by atoms with E-state index in [4.69, 9.17) is 0 Å². The first-order chi connectivity index (χ1) is 8.75. The lowest BCUT2D eigenvalue weighted by Gasteiger charge is -2.13. The summed E-state index contributed by atoms with van der Waals surface area (Å²) < 4.78 is 22.8. The largest absolute Gasteiger partial charge is 0.377 e. The summed E-state index contributed by atoms with van der Waals surface area (Å²) in [5, 5.41) is 14.0. The second kappa shape index (κ2) is 5.83. The van der Waals surface area contributed by atoms with Crippen LogP contribution < -0.4 is 5.32 Å². The predicted octanol–water partition coefficient (Wildman–Crippen LogP) is 2.37. The Balaban J connectivity index is 3.19. The molecule has 0 aliphatic rings. The zero-order valence-corrected chi connectivity index (χ0v) is 11.6. The highest BCUT2D eigenvalue weighted by molar-refractivity contribution is 7.90. The van der Waals surface area contributed by atoms with Crippen molar-refractivity contribution in [3.8, 4) is 0 Å². The number of nitro benzene ring substituents is 1. The van der Waals surface area contributed by atoms with E-state index in [-0.39, 0.29) is 16.6 Å². The van der Waals surface area contributed by atoms with Crippen LogP contribution in [0.3, 0.4) is 0 Å². The van der Waals surface area contributed by atoms with Gasteiger partial charge in [-0.25, -0.2) is 8.42 Å². The van der Waals surface area contributed by atoms with Crippen molar-refractivity contribution in [1.82, 2.24) is 0 Å². The van der Waals surface area contributed by atoms with Crippen LogP contribution in [0, 0.1) is 10.1 Å². The Labute approximate surface area is 112 Å². The van der Waals surface area contributed by atoms with E-state index < -0.39 is 14.8 Å². The smallest absolute Gasteiger partial charge is 0.293 e. The van der Waals surface area contributed by atoms with Crippen LogP contribution in [0.4, 0.5) is 11.4 Å². The fraction of sp³-hybridized carbons (Fsp3) is 0.333. The number of nitrogens with one attached hydrogen (secondary N) is 1. The van der Waals surface area contributed by atoms with Gasteiger partial charge in [0.15, 0.2) is 9.84 Å². The van der Waals surface area contributed by atoms with Gasteiger partial charge >= 0.3 is 0 Å². The Kier molecular flexibility index (Phi) is 4.66. The standard InChI is InChI=1S/C12H16N2O4S/c1-4-5-9(2)13-11-7-6-10(19(3,17)18)8-12(11)14(15)16/h4,6-9,13H,1,5H2,2-3H3. The zero-order valence-electron chi connectivity index (χ0n) is 10.8. The van der Waals surface area contributed by atoms with Crippen LogP contribution in [0.2, 0.25) is 0 Å². The summed E-state index contributed by atoms with van der Waals surface area (Å²) >= 11 is 0.